The monoisotopic (exact) mass is 248 g/mol. The van der Waals surface area contributed by atoms with Crippen molar-refractivity contribution < 1.29 is 0 Å². The number of rotatable bonds is 3. The minimum Gasteiger partial charge on any atom is -0.399 e. The summed E-state index contributed by atoms with van der Waals surface area (Å²) in [6, 6.07) is 4.65. The number of aromatic nitrogens is 2. The second kappa shape index (κ2) is 4.56. The Morgan fingerprint density at radius 3 is 2.56 bits per heavy atom. The number of unbranched alkanes of at least 4 members (excludes halogenated alkanes) is 1. The fourth-order valence-corrected chi connectivity index (χ4v) is 1.91. The molecule has 96 valence electrons. The lowest BCUT2D eigenvalue weighted by Crippen LogP contribution is -2.43. The predicted molar refractivity (Wildman–Crippen MR) is 71.9 cm³/mol. The van der Waals surface area contributed by atoms with Gasteiger partial charge in [-0.25, -0.2) is 4.68 Å². The fourth-order valence-electron chi connectivity index (χ4n) is 1.91. The van der Waals surface area contributed by atoms with Crippen LogP contribution in [-0.4, -0.2) is 9.47 Å². The number of hydrogen-bond donors (Lipinski definition) is 2. The molecular weight excluding hydrogens is 232 g/mol. The maximum absolute atomic E-state index is 12.2. The molecule has 0 fully saturated rings. The zero-order chi connectivity index (χ0) is 13.3. The molecule has 4 N–H and O–H groups in total. The van der Waals surface area contributed by atoms with Gasteiger partial charge < -0.3 is 11.6 Å². The van der Waals surface area contributed by atoms with Gasteiger partial charge in [0.15, 0.2) is 0 Å². The number of benzene rings is 1. The summed E-state index contributed by atoms with van der Waals surface area (Å²) in [7, 11) is 0. The molecule has 2 rings (SSSR count). The van der Waals surface area contributed by atoms with E-state index in [9.17, 15) is 9.59 Å². The first kappa shape index (κ1) is 12.2. The van der Waals surface area contributed by atoms with E-state index in [-0.39, 0.29) is 10.9 Å². The maximum Gasteiger partial charge on any atom is 0.292 e. The van der Waals surface area contributed by atoms with Gasteiger partial charge in [-0.3, -0.25) is 9.59 Å². The third-order valence-electron chi connectivity index (χ3n) is 2.93. The van der Waals surface area contributed by atoms with Gasteiger partial charge in [0.25, 0.3) is 11.1 Å². The summed E-state index contributed by atoms with van der Waals surface area (Å²) >= 11 is 0. The van der Waals surface area contributed by atoms with E-state index in [2.05, 4.69) is 0 Å². The van der Waals surface area contributed by atoms with Crippen molar-refractivity contribution in [3.63, 3.8) is 0 Å². The molecule has 1 aromatic carbocycles. The van der Waals surface area contributed by atoms with Gasteiger partial charge in [0, 0.05) is 12.2 Å². The number of fused-ring (bicyclic) bond motifs is 1. The Kier molecular flexibility index (Phi) is 3.10. The molecule has 0 spiro atoms. The third kappa shape index (κ3) is 1.85. The van der Waals surface area contributed by atoms with Gasteiger partial charge in [-0.2, -0.15) is 4.79 Å². The zero-order valence-electron chi connectivity index (χ0n) is 10.2. The molecule has 0 saturated carbocycles. The Balaban J connectivity index is 2.80. The smallest absolute Gasteiger partial charge is 0.292 e. The molecule has 0 atom stereocenters. The van der Waals surface area contributed by atoms with Crippen molar-refractivity contribution in [2.45, 2.75) is 26.3 Å². The highest BCUT2D eigenvalue weighted by atomic mass is 16.2. The van der Waals surface area contributed by atoms with Gasteiger partial charge in [0.1, 0.15) is 0 Å². The molecule has 6 nitrogen and oxygen atoms in total. The van der Waals surface area contributed by atoms with Crippen LogP contribution < -0.4 is 22.7 Å². The molecule has 0 amide bonds. The van der Waals surface area contributed by atoms with Crippen LogP contribution in [0.3, 0.4) is 0 Å². The Morgan fingerprint density at radius 1 is 1.17 bits per heavy atom. The zero-order valence-corrected chi connectivity index (χ0v) is 10.2. The SMILES string of the molecule is CCCCn1c(=O)c2ccc(N)cc2c(=O)n1N. The summed E-state index contributed by atoms with van der Waals surface area (Å²) in [5, 5.41) is 0.613. The molecule has 0 aliphatic rings. The molecule has 0 aliphatic carbocycles. The summed E-state index contributed by atoms with van der Waals surface area (Å²) in [6.45, 7) is 2.44. The van der Waals surface area contributed by atoms with Crippen LogP contribution in [-0.2, 0) is 6.54 Å². The molecule has 0 unspecified atom stereocenters. The largest absolute Gasteiger partial charge is 0.399 e. The molecule has 0 radical (unpaired) electrons. The second-order valence-corrected chi connectivity index (χ2v) is 4.24. The van der Waals surface area contributed by atoms with Crippen LogP contribution in [0.25, 0.3) is 10.8 Å². The van der Waals surface area contributed by atoms with Crippen molar-refractivity contribution in [3.8, 4) is 0 Å². The van der Waals surface area contributed by atoms with Crippen molar-refractivity contribution in [1.82, 2.24) is 9.47 Å². The Bertz CT molecular complexity index is 700. The minimum atomic E-state index is -0.409. The lowest BCUT2D eigenvalue weighted by atomic mass is 10.2. The quantitative estimate of drug-likeness (QED) is 0.601. The summed E-state index contributed by atoms with van der Waals surface area (Å²) in [4.78, 5) is 25.1. The van der Waals surface area contributed by atoms with Crippen molar-refractivity contribution in [2.24, 2.45) is 0 Å². The van der Waals surface area contributed by atoms with Crippen molar-refractivity contribution in [3.05, 3.63) is 38.9 Å². The van der Waals surface area contributed by atoms with E-state index in [4.69, 9.17) is 11.6 Å². The van der Waals surface area contributed by atoms with Crippen molar-refractivity contribution in [1.29, 1.82) is 0 Å². The van der Waals surface area contributed by atoms with Crippen LogP contribution in [0.1, 0.15) is 19.8 Å². The van der Waals surface area contributed by atoms with Gasteiger partial charge in [0.05, 0.1) is 10.8 Å². The van der Waals surface area contributed by atoms with E-state index >= 15 is 0 Å². The third-order valence-corrected chi connectivity index (χ3v) is 2.93. The van der Waals surface area contributed by atoms with Gasteiger partial charge in [0.2, 0.25) is 0 Å². The highest BCUT2D eigenvalue weighted by Gasteiger charge is 2.10. The van der Waals surface area contributed by atoms with E-state index in [1.54, 1.807) is 12.1 Å². The Labute approximate surface area is 103 Å². The molecule has 6 heteroatoms. The molecule has 2 aromatic rings. The number of nitrogens with two attached hydrogens (primary N) is 2. The predicted octanol–water partition coefficient (Wildman–Crippen LogP) is 0.259. The van der Waals surface area contributed by atoms with Gasteiger partial charge in [-0.1, -0.05) is 13.3 Å². The lowest BCUT2D eigenvalue weighted by Gasteiger charge is -2.12. The molecule has 1 aromatic heterocycles. The van der Waals surface area contributed by atoms with Crippen LogP contribution >= 0.6 is 0 Å². The Morgan fingerprint density at radius 2 is 1.89 bits per heavy atom. The molecular formula is C12H16N4O2. The first-order chi connectivity index (χ1) is 8.56. The van der Waals surface area contributed by atoms with E-state index in [0.29, 0.717) is 17.6 Å². The summed E-state index contributed by atoms with van der Waals surface area (Å²) in [5.74, 6) is 5.67. The molecule has 0 saturated heterocycles. The van der Waals surface area contributed by atoms with Crippen LogP contribution in [0.4, 0.5) is 5.69 Å². The standard InChI is InChI=1S/C12H16N4O2/c1-2-3-6-15-11(17)9-5-4-8(13)7-10(9)12(18)16(15)14/h4-5,7H,2-3,6,13-14H2,1H3. The van der Waals surface area contributed by atoms with Crippen molar-refractivity contribution >= 4 is 16.5 Å². The van der Waals surface area contributed by atoms with Crippen LogP contribution in [0.5, 0.6) is 0 Å². The normalized spacial score (nSPS) is 10.9. The fraction of sp³-hybridized carbons (Fsp3) is 0.333. The van der Waals surface area contributed by atoms with Gasteiger partial charge in [-0.15, -0.1) is 0 Å². The average molecular weight is 248 g/mol. The average Bonchev–Trinajstić information content (AvgIpc) is 2.36. The van der Waals surface area contributed by atoms with E-state index < -0.39 is 5.56 Å². The number of hydrogen-bond acceptors (Lipinski definition) is 4. The van der Waals surface area contributed by atoms with E-state index in [0.717, 1.165) is 17.6 Å². The first-order valence-electron chi connectivity index (χ1n) is 5.86. The van der Waals surface area contributed by atoms with Crippen LogP contribution in [0.2, 0.25) is 0 Å². The van der Waals surface area contributed by atoms with Gasteiger partial charge in [-0.05, 0) is 24.6 Å². The lowest BCUT2D eigenvalue weighted by molar-refractivity contribution is 0.472. The minimum absolute atomic E-state index is 0.259. The van der Waals surface area contributed by atoms with Crippen LogP contribution in [0, 0.1) is 0 Å². The molecule has 0 bridgehead atoms. The van der Waals surface area contributed by atoms with E-state index in [1.807, 2.05) is 6.92 Å². The summed E-state index contributed by atoms with van der Waals surface area (Å²) in [6.07, 6.45) is 1.71. The molecule has 0 aliphatic heterocycles. The number of nitrogens with zero attached hydrogens (tertiary/aromatic N) is 2. The van der Waals surface area contributed by atoms with Gasteiger partial charge >= 0.3 is 0 Å². The number of nitrogen functional groups attached to an aromatic ring is 2. The topological polar surface area (TPSA) is 96.0 Å². The van der Waals surface area contributed by atoms with Crippen molar-refractivity contribution in [2.75, 3.05) is 11.6 Å². The summed E-state index contributed by atoms with van der Waals surface area (Å²) in [5.41, 5.74) is 5.38. The second-order valence-electron chi connectivity index (χ2n) is 4.24. The highest BCUT2D eigenvalue weighted by Crippen LogP contribution is 2.09. The Hall–Kier alpha value is -2.24. The summed E-state index contributed by atoms with van der Waals surface area (Å²) < 4.78 is 1.27. The van der Waals surface area contributed by atoms with E-state index in [1.165, 1.54) is 10.7 Å². The van der Waals surface area contributed by atoms with Crippen LogP contribution in [0.15, 0.2) is 27.8 Å². The molecule has 1 heterocycles. The number of anilines is 1. The first-order valence-corrected chi connectivity index (χ1v) is 5.86. The highest BCUT2D eigenvalue weighted by molar-refractivity contribution is 5.83. The molecule has 18 heavy (non-hydrogen) atoms. The maximum atomic E-state index is 12.2.